The van der Waals surface area contributed by atoms with Crippen LogP contribution in [0.25, 0.3) is 0 Å². The fraction of sp³-hybridized carbons (Fsp3) is 0.478. The molecule has 9 nitrogen and oxygen atoms in total. The standard InChI is InChI=1S/C23H26N2O7/c1-12-15(21(26)27-4)16(14(10-24)20(25)29-12)17-18(28-11-13-8-6-5-7-9-13)19-22(30-17)32-23(2,3)31-19/h5-9,16-19,22H,11,25H2,1-4H3/t16-,17-,18+,19-,22-/m1/s1. The molecule has 0 saturated carbocycles. The lowest BCUT2D eigenvalue weighted by Gasteiger charge is -2.34. The summed E-state index contributed by atoms with van der Waals surface area (Å²) in [5.41, 5.74) is 7.17. The monoisotopic (exact) mass is 442 g/mol. The summed E-state index contributed by atoms with van der Waals surface area (Å²) in [6.07, 6.45) is -2.76. The Morgan fingerprint density at radius 3 is 2.59 bits per heavy atom. The number of benzene rings is 1. The van der Waals surface area contributed by atoms with E-state index in [9.17, 15) is 10.1 Å². The Kier molecular flexibility index (Phi) is 5.97. The third kappa shape index (κ3) is 3.98. The predicted molar refractivity (Wildman–Crippen MR) is 110 cm³/mol. The maximum absolute atomic E-state index is 12.7. The molecular formula is C23H26N2O7. The van der Waals surface area contributed by atoms with Crippen LogP contribution in [-0.2, 0) is 39.8 Å². The van der Waals surface area contributed by atoms with Gasteiger partial charge in [0, 0.05) is 0 Å². The first-order valence-corrected chi connectivity index (χ1v) is 10.3. The van der Waals surface area contributed by atoms with Gasteiger partial charge in [0.25, 0.3) is 0 Å². The van der Waals surface area contributed by atoms with Gasteiger partial charge in [-0.05, 0) is 26.3 Å². The average molecular weight is 442 g/mol. The minimum absolute atomic E-state index is 0.0635. The van der Waals surface area contributed by atoms with E-state index in [0.717, 1.165) is 5.56 Å². The minimum atomic E-state index is -0.872. The number of methoxy groups -OCH3 is 1. The largest absolute Gasteiger partial charge is 0.466 e. The number of carbonyl (C=O) groups is 1. The van der Waals surface area contributed by atoms with Gasteiger partial charge in [-0.25, -0.2) is 4.79 Å². The number of nitrogens with two attached hydrogens (primary N) is 1. The molecule has 9 heteroatoms. The number of rotatable bonds is 5. The highest BCUT2D eigenvalue weighted by atomic mass is 16.8. The number of nitriles is 1. The highest BCUT2D eigenvalue weighted by molar-refractivity contribution is 5.91. The fourth-order valence-electron chi connectivity index (χ4n) is 4.35. The fourth-order valence-corrected chi connectivity index (χ4v) is 4.35. The lowest BCUT2D eigenvalue weighted by molar-refractivity contribution is -0.223. The van der Waals surface area contributed by atoms with Crippen molar-refractivity contribution in [2.45, 2.75) is 57.8 Å². The lowest BCUT2D eigenvalue weighted by atomic mass is 9.82. The summed E-state index contributed by atoms with van der Waals surface area (Å²) in [5.74, 6) is -2.23. The summed E-state index contributed by atoms with van der Waals surface area (Å²) < 4.78 is 34.9. The van der Waals surface area contributed by atoms with Crippen molar-refractivity contribution in [3.8, 4) is 6.07 Å². The zero-order valence-corrected chi connectivity index (χ0v) is 18.4. The Labute approximate surface area is 186 Å². The molecule has 5 atom stereocenters. The smallest absolute Gasteiger partial charge is 0.337 e. The van der Waals surface area contributed by atoms with Gasteiger partial charge in [0.1, 0.15) is 30.1 Å². The highest BCUT2D eigenvalue weighted by Crippen LogP contribution is 2.46. The van der Waals surface area contributed by atoms with E-state index in [2.05, 4.69) is 6.07 Å². The van der Waals surface area contributed by atoms with Crippen LogP contribution >= 0.6 is 0 Å². The molecule has 0 radical (unpaired) electrons. The number of esters is 1. The number of ether oxygens (including phenoxy) is 6. The second-order valence-electron chi connectivity index (χ2n) is 8.26. The Balaban J connectivity index is 1.72. The first-order valence-electron chi connectivity index (χ1n) is 10.3. The average Bonchev–Trinajstić information content (AvgIpc) is 3.23. The van der Waals surface area contributed by atoms with E-state index in [1.54, 1.807) is 20.8 Å². The second-order valence-corrected chi connectivity index (χ2v) is 8.26. The number of hydrogen-bond acceptors (Lipinski definition) is 9. The minimum Gasteiger partial charge on any atom is -0.466 e. The van der Waals surface area contributed by atoms with Crippen LogP contribution in [0.2, 0.25) is 0 Å². The summed E-state index contributed by atoms with van der Waals surface area (Å²) in [6.45, 7) is 5.44. The van der Waals surface area contributed by atoms with Gasteiger partial charge in [0.15, 0.2) is 12.1 Å². The quantitative estimate of drug-likeness (QED) is 0.684. The molecule has 170 valence electrons. The molecule has 0 amide bonds. The number of hydrogen-bond donors (Lipinski definition) is 1. The van der Waals surface area contributed by atoms with Crippen LogP contribution in [0.15, 0.2) is 53.1 Å². The molecule has 2 saturated heterocycles. The molecule has 0 aromatic heterocycles. The maximum Gasteiger partial charge on any atom is 0.337 e. The summed E-state index contributed by atoms with van der Waals surface area (Å²) in [6, 6.07) is 11.7. The first kappa shape index (κ1) is 22.3. The summed E-state index contributed by atoms with van der Waals surface area (Å²) in [5, 5.41) is 9.83. The zero-order valence-electron chi connectivity index (χ0n) is 18.4. The Morgan fingerprint density at radius 2 is 1.94 bits per heavy atom. The van der Waals surface area contributed by atoms with E-state index in [4.69, 9.17) is 34.2 Å². The van der Waals surface area contributed by atoms with Gasteiger partial charge < -0.3 is 34.2 Å². The molecule has 3 aliphatic heterocycles. The van der Waals surface area contributed by atoms with Crippen molar-refractivity contribution in [1.82, 2.24) is 0 Å². The van der Waals surface area contributed by atoms with Crippen molar-refractivity contribution in [3.63, 3.8) is 0 Å². The molecule has 0 spiro atoms. The Morgan fingerprint density at radius 1 is 1.22 bits per heavy atom. The van der Waals surface area contributed by atoms with Crippen LogP contribution < -0.4 is 5.73 Å². The molecule has 4 rings (SSSR count). The molecule has 1 aromatic rings. The van der Waals surface area contributed by atoms with Gasteiger partial charge in [0.2, 0.25) is 5.88 Å². The van der Waals surface area contributed by atoms with Crippen molar-refractivity contribution in [2.24, 2.45) is 11.7 Å². The van der Waals surface area contributed by atoms with Gasteiger partial charge in [-0.1, -0.05) is 30.3 Å². The molecular weight excluding hydrogens is 416 g/mol. The third-order valence-electron chi connectivity index (χ3n) is 5.70. The van der Waals surface area contributed by atoms with Gasteiger partial charge >= 0.3 is 5.97 Å². The summed E-state index contributed by atoms with van der Waals surface area (Å²) in [4.78, 5) is 12.7. The van der Waals surface area contributed by atoms with Crippen molar-refractivity contribution >= 4 is 5.97 Å². The van der Waals surface area contributed by atoms with Crippen LogP contribution in [0.1, 0.15) is 26.3 Å². The normalized spacial score (nSPS) is 31.2. The van der Waals surface area contributed by atoms with Crippen molar-refractivity contribution in [1.29, 1.82) is 5.26 Å². The van der Waals surface area contributed by atoms with E-state index in [1.165, 1.54) is 7.11 Å². The van der Waals surface area contributed by atoms with Gasteiger partial charge in [-0.2, -0.15) is 5.26 Å². The summed E-state index contributed by atoms with van der Waals surface area (Å²) in [7, 11) is 1.26. The number of fused-ring (bicyclic) bond motifs is 1. The third-order valence-corrected chi connectivity index (χ3v) is 5.70. The van der Waals surface area contributed by atoms with E-state index >= 15 is 0 Å². The van der Waals surface area contributed by atoms with E-state index in [-0.39, 0.29) is 29.4 Å². The molecule has 3 heterocycles. The topological polar surface area (TPSA) is 122 Å². The highest BCUT2D eigenvalue weighted by Gasteiger charge is 2.59. The summed E-state index contributed by atoms with van der Waals surface area (Å²) >= 11 is 0. The van der Waals surface area contributed by atoms with Gasteiger partial charge in [-0.15, -0.1) is 0 Å². The SMILES string of the molecule is COC(=O)C1=C(C)OC(N)=C(C#N)[C@H]1[C@H]1O[C@@H]2OC(C)(C)O[C@@H]2[C@H]1OCc1ccccc1. The van der Waals surface area contributed by atoms with Crippen molar-refractivity contribution in [2.75, 3.05) is 7.11 Å². The van der Waals surface area contributed by atoms with E-state index in [1.807, 2.05) is 30.3 Å². The van der Waals surface area contributed by atoms with Crippen molar-refractivity contribution < 1.29 is 33.2 Å². The van der Waals surface area contributed by atoms with Gasteiger partial charge in [-0.3, -0.25) is 0 Å². The maximum atomic E-state index is 12.7. The first-order chi connectivity index (χ1) is 15.3. The molecule has 3 aliphatic rings. The second kappa shape index (κ2) is 8.56. The van der Waals surface area contributed by atoms with Crippen LogP contribution in [0.3, 0.4) is 0 Å². The molecule has 0 aliphatic carbocycles. The predicted octanol–water partition coefficient (Wildman–Crippen LogP) is 2.24. The Bertz CT molecular complexity index is 995. The zero-order chi connectivity index (χ0) is 23.0. The Hall–Kier alpha value is -2.90. The van der Waals surface area contributed by atoms with Crippen LogP contribution in [-0.4, -0.2) is 43.5 Å². The lowest BCUT2D eigenvalue weighted by Crippen LogP contribution is -2.44. The number of allylic oxidation sites excluding steroid dienone is 1. The van der Waals surface area contributed by atoms with E-state index < -0.39 is 42.3 Å². The number of nitrogens with zero attached hydrogens (tertiary/aromatic N) is 1. The molecule has 2 N–H and O–H groups in total. The molecule has 0 bridgehead atoms. The molecule has 0 unspecified atom stereocenters. The van der Waals surface area contributed by atoms with E-state index in [0.29, 0.717) is 0 Å². The van der Waals surface area contributed by atoms with Crippen LogP contribution in [0.5, 0.6) is 0 Å². The molecule has 2 fully saturated rings. The van der Waals surface area contributed by atoms with Crippen LogP contribution in [0.4, 0.5) is 0 Å². The number of carbonyl (C=O) groups excluding carboxylic acids is 1. The van der Waals surface area contributed by atoms with Crippen molar-refractivity contribution in [3.05, 3.63) is 58.7 Å². The van der Waals surface area contributed by atoms with Gasteiger partial charge in [0.05, 0.1) is 30.8 Å². The van der Waals surface area contributed by atoms with Crippen LogP contribution in [0, 0.1) is 17.2 Å². The molecule has 32 heavy (non-hydrogen) atoms. The molecule has 1 aromatic carbocycles.